The van der Waals surface area contributed by atoms with Gasteiger partial charge in [-0.1, -0.05) is 6.08 Å². The maximum atomic E-state index is 11.6. The van der Waals surface area contributed by atoms with E-state index in [0.717, 1.165) is 10.5 Å². The molecule has 1 atom stereocenters. The second-order valence-electron chi connectivity index (χ2n) is 4.66. The van der Waals surface area contributed by atoms with Gasteiger partial charge in [-0.3, -0.25) is 15.0 Å². The zero-order chi connectivity index (χ0) is 16.1. The molecule has 8 heteroatoms. The predicted octanol–water partition coefficient (Wildman–Crippen LogP) is 1.90. The van der Waals surface area contributed by atoms with Crippen molar-refractivity contribution in [2.24, 2.45) is 0 Å². The molecule has 1 aliphatic rings. The fourth-order valence-corrected chi connectivity index (χ4v) is 1.96. The Bertz CT molecular complexity index is 610. The van der Waals surface area contributed by atoms with E-state index in [4.69, 9.17) is 9.84 Å². The molecule has 0 bridgehead atoms. The Kier molecular flexibility index (Phi) is 4.72. The number of carboxylic acids is 1. The SMILES string of the molecule is O=C(O)C1CCN1C(=O)OC/C=C/c1ccc([N+](=O)[O-])cc1. The number of nitro benzene ring substituents is 1. The second kappa shape index (κ2) is 6.70. The van der Waals surface area contributed by atoms with E-state index in [2.05, 4.69) is 0 Å². The molecule has 1 saturated heterocycles. The normalized spacial score (nSPS) is 17.1. The highest BCUT2D eigenvalue weighted by Crippen LogP contribution is 2.18. The van der Waals surface area contributed by atoms with Crippen LogP contribution in [-0.2, 0) is 9.53 Å². The van der Waals surface area contributed by atoms with Crippen LogP contribution in [0.2, 0.25) is 0 Å². The van der Waals surface area contributed by atoms with Crippen molar-refractivity contribution in [3.63, 3.8) is 0 Å². The molecule has 8 nitrogen and oxygen atoms in total. The molecule has 1 aromatic rings. The number of carboxylic acid groups (broad SMARTS) is 1. The lowest BCUT2D eigenvalue weighted by Crippen LogP contribution is -2.55. The van der Waals surface area contributed by atoms with Gasteiger partial charge in [-0.15, -0.1) is 0 Å². The van der Waals surface area contributed by atoms with Crippen LogP contribution in [-0.4, -0.2) is 46.2 Å². The standard InChI is InChI=1S/C14H14N2O6/c17-13(18)12-7-8-15(12)14(19)22-9-1-2-10-3-5-11(6-4-10)16(20)21/h1-6,12H,7-9H2,(H,17,18)/b2-1+. The summed E-state index contributed by atoms with van der Waals surface area (Å²) >= 11 is 0. The summed E-state index contributed by atoms with van der Waals surface area (Å²) in [5, 5.41) is 19.3. The van der Waals surface area contributed by atoms with Gasteiger partial charge in [0.1, 0.15) is 12.6 Å². The van der Waals surface area contributed by atoms with Gasteiger partial charge >= 0.3 is 12.1 Å². The van der Waals surface area contributed by atoms with Gasteiger partial charge in [-0.05, 0) is 30.2 Å². The Morgan fingerprint density at radius 1 is 1.41 bits per heavy atom. The summed E-state index contributed by atoms with van der Waals surface area (Å²) in [6.07, 6.45) is 3.01. The molecule has 1 unspecified atom stereocenters. The number of hydrogen-bond donors (Lipinski definition) is 1. The Morgan fingerprint density at radius 3 is 2.59 bits per heavy atom. The summed E-state index contributed by atoms with van der Waals surface area (Å²) in [7, 11) is 0. The van der Waals surface area contributed by atoms with Gasteiger partial charge in [-0.2, -0.15) is 0 Å². The van der Waals surface area contributed by atoms with E-state index < -0.39 is 23.0 Å². The third-order valence-corrected chi connectivity index (χ3v) is 3.26. The van der Waals surface area contributed by atoms with Gasteiger partial charge in [0.25, 0.3) is 5.69 Å². The summed E-state index contributed by atoms with van der Waals surface area (Å²) < 4.78 is 4.94. The second-order valence-corrected chi connectivity index (χ2v) is 4.66. The number of benzene rings is 1. The lowest BCUT2D eigenvalue weighted by atomic mass is 10.1. The maximum absolute atomic E-state index is 11.6. The molecule has 1 heterocycles. The van der Waals surface area contributed by atoms with E-state index >= 15 is 0 Å². The molecule has 0 spiro atoms. The highest BCUT2D eigenvalue weighted by molar-refractivity contribution is 5.81. The van der Waals surface area contributed by atoms with Crippen LogP contribution in [0, 0.1) is 10.1 Å². The van der Waals surface area contributed by atoms with Gasteiger partial charge in [0.15, 0.2) is 0 Å². The number of hydrogen-bond acceptors (Lipinski definition) is 5. The number of nitrogens with zero attached hydrogens (tertiary/aromatic N) is 2. The zero-order valence-electron chi connectivity index (χ0n) is 11.5. The van der Waals surface area contributed by atoms with Crippen molar-refractivity contribution < 1.29 is 24.4 Å². The van der Waals surface area contributed by atoms with Crippen molar-refractivity contribution in [2.45, 2.75) is 12.5 Å². The van der Waals surface area contributed by atoms with Gasteiger partial charge in [0.05, 0.1) is 4.92 Å². The summed E-state index contributed by atoms with van der Waals surface area (Å²) in [6.45, 7) is 0.376. The van der Waals surface area contributed by atoms with Crippen LogP contribution in [0.5, 0.6) is 0 Å². The zero-order valence-corrected chi connectivity index (χ0v) is 11.5. The van der Waals surface area contributed by atoms with Crippen molar-refractivity contribution in [1.29, 1.82) is 0 Å². The number of carbonyl (C=O) groups excluding carboxylic acids is 1. The largest absolute Gasteiger partial charge is 0.480 e. The molecule has 22 heavy (non-hydrogen) atoms. The molecule has 0 saturated carbocycles. The fraction of sp³-hybridized carbons (Fsp3) is 0.286. The molecule has 1 N–H and O–H groups in total. The molecular weight excluding hydrogens is 292 g/mol. The molecule has 0 aromatic heterocycles. The first-order valence-corrected chi connectivity index (χ1v) is 6.56. The topological polar surface area (TPSA) is 110 Å². The maximum Gasteiger partial charge on any atom is 0.410 e. The number of ether oxygens (including phenoxy) is 1. The Balaban J connectivity index is 1.79. The smallest absolute Gasteiger partial charge is 0.410 e. The lowest BCUT2D eigenvalue weighted by Gasteiger charge is -2.36. The highest BCUT2D eigenvalue weighted by Gasteiger charge is 2.38. The summed E-state index contributed by atoms with van der Waals surface area (Å²) in [5.41, 5.74) is 0.732. The number of nitro groups is 1. The van der Waals surface area contributed by atoms with Crippen molar-refractivity contribution >= 4 is 23.8 Å². The van der Waals surface area contributed by atoms with E-state index in [1.165, 1.54) is 12.1 Å². The molecule has 1 aliphatic heterocycles. The predicted molar refractivity (Wildman–Crippen MR) is 76.2 cm³/mol. The monoisotopic (exact) mass is 306 g/mol. The minimum Gasteiger partial charge on any atom is -0.480 e. The minimum atomic E-state index is -1.04. The van der Waals surface area contributed by atoms with Crippen LogP contribution in [0.1, 0.15) is 12.0 Å². The average molecular weight is 306 g/mol. The van der Waals surface area contributed by atoms with Crippen LogP contribution in [0.4, 0.5) is 10.5 Å². The minimum absolute atomic E-state index is 0.000994. The van der Waals surface area contributed by atoms with E-state index in [9.17, 15) is 19.7 Å². The number of rotatable bonds is 5. The summed E-state index contributed by atoms with van der Waals surface area (Å²) in [5.74, 6) is -1.04. The van der Waals surface area contributed by atoms with E-state index in [1.54, 1.807) is 24.3 Å². The summed E-state index contributed by atoms with van der Waals surface area (Å²) in [6, 6.07) is 5.11. The number of aliphatic carboxylic acids is 1. The molecule has 1 amide bonds. The first-order chi connectivity index (χ1) is 10.5. The van der Waals surface area contributed by atoms with Crippen LogP contribution in [0.15, 0.2) is 30.3 Å². The molecule has 2 rings (SSSR count). The quantitative estimate of drug-likeness (QED) is 0.657. The van der Waals surface area contributed by atoms with Crippen LogP contribution in [0.25, 0.3) is 6.08 Å². The molecule has 116 valence electrons. The molecule has 0 aliphatic carbocycles. The number of likely N-dealkylation sites (tertiary alicyclic amines) is 1. The van der Waals surface area contributed by atoms with Crippen molar-refractivity contribution in [3.8, 4) is 0 Å². The van der Waals surface area contributed by atoms with Crippen molar-refractivity contribution in [3.05, 3.63) is 46.0 Å². The average Bonchev–Trinajstić information content (AvgIpc) is 2.42. The number of carbonyl (C=O) groups is 2. The summed E-state index contributed by atoms with van der Waals surface area (Å²) in [4.78, 5) is 33.6. The van der Waals surface area contributed by atoms with Crippen molar-refractivity contribution in [2.75, 3.05) is 13.2 Å². The molecule has 1 aromatic carbocycles. The third kappa shape index (κ3) is 3.60. The molecule has 1 fully saturated rings. The van der Waals surface area contributed by atoms with Gasteiger partial charge in [0.2, 0.25) is 0 Å². The van der Waals surface area contributed by atoms with Crippen molar-refractivity contribution in [1.82, 2.24) is 4.90 Å². The number of amides is 1. The van der Waals surface area contributed by atoms with Gasteiger partial charge in [0, 0.05) is 18.7 Å². The first kappa shape index (κ1) is 15.5. The third-order valence-electron chi connectivity index (χ3n) is 3.26. The van der Waals surface area contributed by atoms with Crippen LogP contribution < -0.4 is 0 Å². The fourth-order valence-electron chi connectivity index (χ4n) is 1.96. The van der Waals surface area contributed by atoms with E-state index in [1.807, 2.05) is 0 Å². The molecular formula is C14H14N2O6. The first-order valence-electron chi connectivity index (χ1n) is 6.56. The lowest BCUT2D eigenvalue weighted by molar-refractivity contribution is -0.384. The van der Waals surface area contributed by atoms with E-state index in [-0.39, 0.29) is 12.3 Å². The highest BCUT2D eigenvalue weighted by atomic mass is 16.6. The van der Waals surface area contributed by atoms with Gasteiger partial charge in [-0.25, -0.2) is 9.59 Å². The van der Waals surface area contributed by atoms with Crippen LogP contribution in [0.3, 0.4) is 0 Å². The Hall–Kier alpha value is -2.90. The Morgan fingerprint density at radius 2 is 2.09 bits per heavy atom. The number of non-ortho nitro benzene ring substituents is 1. The molecule has 0 radical (unpaired) electrons. The van der Waals surface area contributed by atoms with E-state index in [0.29, 0.717) is 13.0 Å². The van der Waals surface area contributed by atoms with Gasteiger partial charge < -0.3 is 9.84 Å². The van der Waals surface area contributed by atoms with Crippen LogP contribution >= 0.6 is 0 Å². The Labute approximate surface area is 125 Å².